The Morgan fingerprint density at radius 3 is 2.56 bits per heavy atom. The highest BCUT2D eigenvalue weighted by Crippen LogP contribution is 2.19. The molecule has 1 atom stereocenters. The fourth-order valence-corrected chi connectivity index (χ4v) is 2.13. The summed E-state index contributed by atoms with van der Waals surface area (Å²) in [4.78, 5) is 14.6. The fourth-order valence-electron chi connectivity index (χ4n) is 2.13. The van der Waals surface area contributed by atoms with Gasteiger partial charge in [-0.3, -0.25) is 0 Å². The van der Waals surface area contributed by atoms with Gasteiger partial charge in [-0.25, -0.2) is 4.79 Å². The lowest BCUT2D eigenvalue weighted by atomic mass is 10.1. The largest absolute Gasteiger partial charge is 0.465 e. The highest BCUT2D eigenvalue weighted by atomic mass is 16.4. The van der Waals surface area contributed by atoms with Crippen molar-refractivity contribution in [2.45, 2.75) is 13.0 Å². The summed E-state index contributed by atoms with van der Waals surface area (Å²) >= 11 is 0. The van der Waals surface area contributed by atoms with Crippen molar-refractivity contribution in [1.82, 2.24) is 4.90 Å². The molecule has 1 amide bonds. The van der Waals surface area contributed by atoms with Crippen LogP contribution in [-0.4, -0.2) is 41.8 Å². The highest BCUT2D eigenvalue weighted by molar-refractivity contribution is 5.65. The number of amides is 1. The summed E-state index contributed by atoms with van der Waals surface area (Å²) in [6.07, 6.45) is -0.820. The molecule has 0 aliphatic carbocycles. The van der Waals surface area contributed by atoms with Gasteiger partial charge in [0.1, 0.15) is 0 Å². The predicted molar refractivity (Wildman–Crippen MR) is 62.8 cm³/mol. The molecule has 0 spiro atoms. The standard InChI is InChI=1S/C12H16N2O2/c1-10-9-13(12(15)16)7-8-14(10)11-5-3-2-4-6-11/h2-6,10H,7-9H2,1H3,(H,15,16). The van der Waals surface area contributed by atoms with E-state index in [1.165, 1.54) is 10.6 Å². The third-order valence-electron chi connectivity index (χ3n) is 2.99. The Morgan fingerprint density at radius 1 is 1.31 bits per heavy atom. The summed E-state index contributed by atoms with van der Waals surface area (Å²) in [5.41, 5.74) is 1.17. The first kappa shape index (κ1) is 10.8. The van der Waals surface area contributed by atoms with Crippen LogP contribution in [0.2, 0.25) is 0 Å². The van der Waals surface area contributed by atoms with E-state index in [1.54, 1.807) is 0 Å². The van der Waals surface area contributed by atoms with Gasteiger partial charge in [-0.05, 0) is 19.1 Å². The van der Waals surface area contributed by atoms with E-state index in [9.17, 15) is 4.79 Å². The molecule has 0 bridgehead atoms. The van der Waals surface area contributed by atoms with Crippen LogP contribution in [0.25, 0.3) is 0 Å². The first-order chi connectivity index (χ1) is 7.68. The van der Waals surface area contributed by atoms with Crippen molar-refractivity contribution < 1.29 is 9.90 Å². The summed E-state index contributed by atoms with van der Waals surface area (Å²) in [5.74, 6) is 0. The molecule has 4 heteroatoms. The zero-order chi connectivity index (χ0) is 11.5. The lowest BCUT2D eigenvalue weighted by Crippen LogP contribution is -2.53. The van der Waals surface area contributed by atoms with Gasteiger partial charge in [-0.2, -0.15) is 0 Å². The highest BCUT2D eigenvalue weighted by Gasteiger charge is 2.26. The van der Waals surface area contributed by atoms with E-state index in [2.05, 4.69) is 24.0 Å². The Balaban J connectivity index is 2.08. The Kier molecular flexibility index (Phi) is 2.99. The van der Waals surface area contributed by atoms with Crippen LogP contribution in [0, 0.1) is 0 Å². The molecule has 1 aliphatic heterocycles. The Bertz CT molecular complexity index is 367. The number of hydrogen-bond acceptors (Lipinski definition) is 2. The monoisotopic (exact) mass is 220 g/mol. The summed E-state index contributed by atoms with van der Waals surface area (Å²) < 4.78 is 0. The van der Waals surface area contributed by atoms with Gasteiger partial charge in [0.2, 0.25) is 0 Å². The van der Waals surface area contributed by atoms with Crippen molar-refractivity contribution in [2.75, 3.05) is 24.5 Å². The molecule has 1 aromatic rings. The molecule has 16 heavy (non-hydrogen) atoms. The van der Waals surface area contributed by atoms with Crippen LogP contribution in [0.15, 0.2) is 30.3 Å². The minimum absolute atomic E-state index is 0.229. The fraction of sp³-hybridized carbons (Fsp3) is 0.417. The maximum absolute atomic E-state index is 10.9. The second-order valence-electron chi connectivity index (χ2n) is 4.11. The Morgan fingerprint density at radius 2 is 2.00 bits per heavy atom. The van der Waals surface area contributed by atoms with Crippen LogP contribution in [0.4, 0.5) is 10.5 Å². The van der Waals surface area contributed by atoms with E-state index >= 15 is 0 Å². The van der Waals surface area contributed by atoms with Crippen molar-refractivity contribution in [3.63, 3.8) is 0 Å². The molecular formula is C12H16N2O2. The molecule has 1 N–H and O–H groups in total. The third kappa shape index (κ3) is 2.10. The summed E-state index contributed by atoms with van der Waals surface area (Å²) in [6.45, 7) is 3.97. The number of para-hydroxylation sites is 1. The first-order valence-electron chi connectivity index (χ1n) is 5.48. The molecule has 1 fully saturated rings. The molecule has 1 aromatic carbocycles. The van der Waals surface area contributed by atoms with Crippen molar-refractivity contribution in [2.24, 2.45) is 0 Å². The second-order valence-corrected chi connectivity index (χ2v) is 4.11. The maximum atomic E-state index is 10.9. The molecule has 0 saturated carbocycles. The lowest BCUT2D eigenvalue weighted by Gasteiger charge is -2.40. The molecule has 4 nitrogen and oxygen atoms in total. The molecule has 0 radical (unpaired) electrons. The quantitative estimate of drug-likeness (QED) is 0.785. The molecule has 1 aliphatic rings. The predicted octanol–water partition coefficient (Wildman–Crippen LogP) is 1.88. The van der Waals surface area contributed by atoms with Crippen molar-refractivity contribution >= 4 is 11.8 Å². The average Bonchev–Trinajstić information content (AvgIpc) is 2.30. The third-order valence-corrected chi connectivity index (χ3v) is 2.99. The molecule has 1 heterocycles. The molecule has 86 valence electrons. The molecule has 1 unspecified atom stereocenters. The van der Waals surface area contributed by atoms with Crippen LogP contribution in [-0.2, 0) is 0 Å². The number of rotatable bonds is 1. The van der Waals surface area contributed by atoms with E-state index in [0.717, 1.165) is 6.54 Å². The Labute approximate surface area is 95.1 Å². The molecular weight excluding hydrogens is 204 g/mol. The average molecular weight is 220 g/mol. The number of hydrogen-bond donors (Lipinski definition) is 1. The Hall–Kier alpha value is -1.71. The van der Waals surface area contributed by atoms with E-state index in [4.69, 9.17) is 5.11 Å². The number of nitrogens with zero attached hydrogens (tertiary/aromatic N) is 2. The SMILES string of the molecule is CC1CN(C(=O)O)CCN1c1ccccc1. The first-order valence-corrected chi connectivity index (χ1v) is 5.48. The second kappa shape index (κ2) is 4.43. The van der Waals surface area contributed by atoms with Crippen LogP contribution in [0.5, 0.6) is 0 Å². The van der Waals surface area contributed by atoms with Gasteiger partial charge in [0.05, 0.1) is 0 Å². The van der Waals surface area contributed by atoms with Crippen LogP contribution in [0.3, 0.4) is 0 Å². The van der Waals surface area contributed by atoms with Gasteiger partial charge in [0.15, 0.2) is 0 Å². The number of piperazine rings is 1. The van der Waals surface area contributed by atoms with Gasteiger partial charge >= 0.3 is 6.09 Å². The van der Waals surface area contributed by atoms with Gasteiger partial charge in [-0.15, -0.1) is 0 Å². The van der Waals surface area contributed by atoms with Gasteiger partial charge in [0.25, 0.3) is 0 Å². The lowest BCUT2D eigenvalue weighted by molar-refractivity contribution is 0.136. The van der Waals surface area contributed by atoms with Gasteiger partial charge < -0.3 is 14.9 Å². The minimum atomic E-state index is -0.820. The number of benzene rings is 1. The number of carboxylic acid groups (broad SMARTS) is 1. The zero-order valence-electron chi connectivity index (χ0n) is 9.34. The van der Waals surface area contributed by atoms with Gasteiger partial charge in [0, 0.05) is 31.4 Å². The number of carbonyl (C=O) groups is 1. The summed E-state index contributed by atoms with van der Waals surface area (Å²) in [6, 6.07) is 10.4. The van der Waals surface area contributed by atoms with E-state index in [-0.39, 0.29) is 6.04 Å². The normalized spacial score (nSPS) is 20.9. The number of anilines is 1. The molecule has 0 aromatic heterocycles. The summed E-state index contributed by atoms with van der Waals surface area (Å²) in [5, 5.41) is 8.92. The van der Waals surface area contributed by atoms with E-state index in [0.29, 0.717) is 13.1 Å². The topological polar surface area (TPSA) is 43.8 Å². The zero-order valence-corrected chi connectivity index (χ0v) is 9.34. The van der Waals surface area contributed by atoms with Crippen LogP contribution < -0.4 is 4.90 Å². The van der Waals surface area contributed by atoms with E-state index in [1.807, 2.05) is 18.2 Å². The summed E-state index contributed by atoms with van der Waals surface area (Å²) in [7, 11) is 0. The molecule has 2 rings (SSSR count). The van der Waals surface area contributed by atoms with Crippen LogP contribution in [0.1, 0.15) is 6.92 Å². The smallest absolute Gasteiger partial charge is 0.407 e. The maximum Gasteiger partial charge on any atom is 0.407 e. The van der Waals surface area contributed by atoms with Crippen molar-refractivity contribution in [1.29, 1.82) is 0 Å². The van der Waals surface area contributed by atoms with Crippen molar-refractivity contribution in [3.8, 4) is 0 Å². The van der Waals surface area contributed by atoms with E-state index < -0.39 is 6.09 Å². The van der Waals surface area contributed by atoms with Crippen molar-refractivity contribution in [3.05, 3.63) is 30.3 Å². The molecule has 1 saturated heterocycles. The van der Waals surface area contributed by atoms with Crippen LogP contribution >= 0.6 is 0 Å². The minimum Gasteiger partial charge on any atom is -0.465 e. The van der Waals surface area contributed by atoms with Gasteiger partial charge in [-0.1, -0.05) is 18.2 Å².